The number of hydrogen-bond acceptors (Lipinski definition) is 5. The Bertz CT molecular complexity index is 544. The monoisotopic (exact) mass is 301 g/mol. The van der Waals surface area contributed by atoms with Crippen molar-refractivity contribution < 1.29 is 17.0 Å². The number of oxazole rings is 1. The van der Waals surface area contributed by atoms with Crippen molar-refractivity contribution in [2.75, 3.05) is 12.9 Å². The summed E-state index contributed by atoms with van der Waals surface area (Å²) in [6, 6.07) is 0. The quantitative estimate of drug-likeness (QED) is 0.545. The maximum Gasteiger partial charge on any atom is 0.264 e. The SMILES string of the molecule is Cc1oc(C/C=C/CC(C)C)nc1CCOS(C)(=O)=O. The summed E-state index contributed by atoms with van der Waals surface area (Å²) < 4.78 is 32.0. The molecule has 1 rings (SSSR count). The summed E-state index contributed by atoms with van der Waals surface area (Å²) >= 11 is 0. The van der Waals surface area contributed by atoms with Crippen LogP contribution in [0.2, 0.25) is 0 Å². The van der Waals surface area contributed by atoms with Crippen LogP contribution < -0.4 is 0 Å². The van der Waals surface area contributed by atoms with Gasteiger partial charge in [-0.25, -0.2) is 4.98 Å². The predicted octanol–water partition coefficient (Wildman–Crippen LogP) is 2.65. The van der Waals surface area contributed by atoms with Gasteiger partial charge in [-0.05, 0) is 19.3 Å². The second-order valence-corrected chi connectivity index (χ2v) is 6.84. The van der Waals surface area contributed by atoms with E-state index in [-0.39, 0.29) is 6.61 Å². The standard InChI is InChI=1S/C14H23NO4S/c1-11(2)7-5-6-8-14-15-13(12(3)19-14)9-10-18-20(4,16)17/h5-6,11H,7-10H2,1-4H3/b6-5+. The Balaban J connectivity index is 2.48. The second-order valence-electron chi connectivity index (χ2n) is 5.19. The summed E-state index contributed by atoms with van der Waals surface area (Å²) in [5.41, 5.74) is 0.751. The van der Waals surface area contributed by atoms with Gasteiger partial charge in [-0.2, -0.15) is 8.42 Å². The molecule has 0 fully saturated rings. The summed E-state index contributed by atoms with van der Waals surface area (Å²) in [5, 5.41) is 0. The van der Waals surface area contributed by atoms with Gasteiger partial charge in [0.05, 0.1) is 18.6 Å². The Morgan fingerprint density at radius 1 is 1.35 bits per heavy atom. The third-order valence-electron chi connectivity index (χ3n) is 2.64. The zero-order valence-corrected chi connectivity index (χ0v) is 13.4. The molecule has 0 bridgehead atoms. The molecule has 0 spiro atoms. The van der Waals surface area contributed by atoms with Crippen molar-refractivity contribution in [3.05, 3.63) is 29.5 Å². The fourth-order valence-corrected chi connectivity index (χ4v) is 2.04. The van der Waals surface area contributed by atoms with Crippen LogP contribution in [0.4, 0.5) is 0 Å². The first-order valence-electron chi connectivity index (χ1n) is 6.72. The van der Waals surface area contributed by atoms with Crippen LogP contribution in [0.15, 0.2) is 16.6 Å². The Labute approximate surface area is 121 Å². The van der Waals surface area contributed by atoms with Crippen LogP contribution in [-0.4, -0.2) is 26.3 Å². The van der Waals surface area contributed by atoms with Crippen molar-refractivity contribution in [1.82, 2.24) is 4.98 Å². The van der Waals surface area contributed by atoms with Crippen molar-refractivity contribution in [2.24, 2.45) is 5.92 Å². The Morgan fingerprint density at radius 3 is 2.65 bits per heavy atom. The summed E-state index contributed by atoms with van der Waals surface area (Å²) in [6.45, 7) is 6.25. The van der Waals surface area contributed by atoms with Gasteiger partial charge in [-0.1, -0.05) is 26.0 Å². The molecule has 0 aromatic carbocycles. The summed E-state index contributed by atoms with van der Waals surface area (Å²) in [4.78, 5) is 4.35. The van der Waals surface area contributed by atoms with Gasteiger partial charge in [0.15, 0.2) is 5.89 Å². The van der Waals surface area contributed by atoms with Crippen molar-refractivity contribution in [3.63, 3.8) is 0 Å². The smallest absolute Gasteiger partial charge is 0.264 e. The van der Waals surface area contributed by atoms with E-state index in [1.54, 1.807) is 0 Å². The van der Waals surface area contributed by atoms with Crippen LogP contribution in [0.5, 0.6) is 0 Å². The third-order valence-corrected chi connectivity index (χ3v) is 3.23. The molecule has 0 unspecified atom stereocenters. The largest absolute Gasteiger partial charge is 0.445 e. The molecule has 1 heterocycles. The van der Waals surface area contributed by atoms with E-state index in [0.29, 0.717) is 24.7 Å². The third kappa shape index (κ3) is 6.86. The number of hydrogen-bond donors (Lipinski definition) is 0. The van der Waals surface area contributed by atoms with Crippen LogP contribution in [0.1, 0.15) is 37.6 Å². The minimum absolute atomic E-state index is 0.0921. The maximum absolute atomic E-state index is 10.9. The van der Waals surface area contributed by atoms with Crippen molar-refractivity contribution >= 4 is 10.1 Å². The average Bonchev–Trinajstić information content (AvgIpc) is 2.64. The highest BCUT2D eigenvalue weighted by Gasteiger charge is 2.10. The van der Waals surface area contributed by atoms with E-state index in [2.05, 4.69) is 24.9 Å². The van der Waals surface area contributed by atoms with Crippen molar-refractivity contribution in [3.8, 4) is 0 Å². The topological polar surface area (TPSA) is 69.4 Å². The van der Waals surface area contributed by atoms with Crippen LogP contribution in [-0.2, 0) is 27.1 Å². The molecule has 5 nitrogen and oxygen atoms in total. The molecular weight excluding hydrogens is 278 g/mol. The fraction of sp³-hybridized carbons (Fsp3) is 0.643. The lowest BCUT2D eigenvalue weighted by Crippen LogP contribution is -2.06. The molecule has 114 valence electrons. The van der Waals surface area contributed by atoms with Gasteiger partial charge in [-0.3, -0.25) is 4.18 Å². The molecule has 1 aromatic heterocycles. The highest BCUT2D eigenvalue weighted by atomic mass is 32.2. The van der Waals surface area contributed by atoms with Gasteiger partial charge < -0.3 is 4.42 Å². The lowest BCUT2D eigenvalue weighted by molar-refractivity contribution is 0.324. The molecule has 6 heteroatoms. The molecule has 0 aliphatic heterocycles. The first-order chi connectivity index (χ1) is 9.28. The summed E-state index contributed by atoms with van der Waals surface area (Å²) in [5.74, 6) is 2.01. The normalized spacial score (nSPS) is 12.7. The Kier molecular flexibility index (Phi) is 6.42. The van der Waals surface area contributed by atoms with E-state index in [4.69, 9.17) is 8.60 Å². The highest BCUT2D eigenvalue weighted by Crippen LogP contribution is 2.12. The zero-order valence-electron chi connectivity index (χ0n) is 12.5. The molecule has 1 aromatic rings. The molecule has 0 saturated heterocycles. The van der Waals surface area contributed by atoms with Gasteiger partial charge in [0.2, 0.25) is 0 Å². The van der Waals surface area contributed by atoms with Gasteiger partial charge in [0, 0.05) is 12.8 Å². The van der Waals surface area contributed by atoms with Crippen LogP contribution >= 0.6 is 0 Å². The molecule has 0 N–H and O–H groups in total. The minimum Gasteiger partial charge on any atom is -0.445 e. The lowest BCUT2D eigenvalue weighted by atomic mass is 10.1. The fourth-order valence-electron chi connectivity index (χ4n) is 1.65. The Hall–Kier alpha value is -1.14. The van der Waals surface area contributed by atoms with Gasteiger partial charge >= 0.3 is 0 Å². The molecule has 20 heavy (non-hydrogen) atoms. The van der Waals surface area contributed by atoms with E-state index < -0.39 is 10.1 Å². The first kappa shape index (κ1) is 16.9. The highest BCUT2D eigenvalue weighted by molar-refractivity contribution is 7.85. The molecule has 0 aliphatic carbocycles. The molecule has 0 atom stereocenters. The number of aromatic nitrogens is 1. The molecule has 0 radical (unpaired) electrons. The van der Waals surface area contributed by atoms with Gasteiger partial charge in [-0.15, -0.1) is 0 Å². The summed E-state index contributed by atoms with van der Waals surface area (Å²) in [6.07, 6.45) is 7.32. The maximum atomic E-state index is 10.9. The molecule has 0 amide bonds. The molecule has 0 aliphatic rings. The zero-order chi connectivity index (χ0) is 15.2. The second kappa shape index (κ2) is 7.59. The van der Waals surface area contributed by atoms with E-state index in [1.807, 2.05) is 13.0 Å². The van der Waals surface area contributed by atoms with Gasteiger partial charge in [0.1, 0.15) is 5.76 Å². The van der Waals surface area contributed by atoms with Crippen LogP contribution in [0, 0.1) is 12.8 Å². The number of rotatable bonds is 8. The number of aryl methyl sites for hydroxylation is 1. The average molecular weight is 301 g/mol. The minimum atomic E-state index is -3.40. The van der Waals surface area contributed by atoms with E-state index in [9.17, 15) is 8.42 Å². The number of allylic oxidation sites excluding steroid dienone is 2. The van der Waals surface area contributed by atoms with Gasteiger partial charge in [0.25, 0.3) is 10.1 Å². The summed E-state index contributed by atoms with van der Waals surface area (Å²) in [7, 11) is -3.40. The molecular formula is C14H23NO4S. The van der Waals surface area contributed by atoms with Crippen LogP contribution in [0.3, 0.4) is 0 Å². The first-order valence-corrected chi connectivity index (χ1v) is 8.54. The van der Waals surface area contributed by atoms with E-state index >= 15 is 0 Å². The Morgan fingerprint density at radius 2 is 2.05 bits per heavy atom. The van der Waals surface area contributed by atoms with E-state index in [1.165, 1.54) is 0 Å². The van der Waals surface area contributed by atoms with Crippen molar-refractivity contribution in [1.29, 1.82) is 0 Å². The molecule has 0 saturated carbocycles. The predicted molar refractivity (Wildman–Crippen MR) is 78.0 cm³/mol. The number of nitrogens with zero attached hydrogens (tertiary/aromatic N) is 1. The lowest BCUT2D eigenvalue weighted by Gasteiger charge is -1.98. The van der Waals surface area contributed by atoms with E-state index in [0.717, 1.165) is 24.1 Å². The van der Waals surface area contributed by atoms with Crippen molar-refractivity contribution in [2.45, 2.75) is 40.0 Å². The van der Waals surface area contributed by atoms with Crippen LogP contribution in [0.25, 0.3) is 0 Å².